The maximum Gasteiger partial charge on any atom is 0.0507 e. The van der Waals surface area contributed by atoms with Gasteiger partial charge in [0.25, 0.3) is 0 Å². The van der Waals surface area contributed by atoms with Crippen LogP contribution in [0.4, 0.5) is 0 Å². The molecule has 0 amide bonds. The predicted octanol–water partition coefficient (Wildman–Crippen LogP) is 2.64. The van der Waals surface area contributed by atoms with Crippen molar-refractivity contribution < 1.29 is 0 Å². The minimum atomic E-state index is 0.0578. The third-order valence-electron chi connectivity index (χ3n) is 2.55. The molecule has 1 rings (SSSR count). The summed E-state index contributed by atoms with van der Waals surface area (Å²) in [5, 5.41) is 0. The summed E-state index contributed by atoms with van der Waals surface area (Å²) < 4.78 is 0.0578. The molecule has 0 spiro atoms. The molecule has 1 aromatic rings. The molecular formula is C11H15BrSi. The van der Waals surface area contributed by atoms with E-state index in [0.717, 1.165) is 10.2 Å². The molecule has 0 aliphatic rings. The van der Waals surface area contributed by atoms with Crippen molar-refractivity contribution in [3.8, 4) is 0 Å². The highest BCUT2D eigenvalue weighted by molar-refractivity contribution is 9.09. The van der Waals surface area contributed by atoms with E-state index in [0.29, 0.717) is 5.54 Å². The Kier molecular flexibility index (Phi) is 3.51. The fourth-order valence-electron chi connectivity index (χ4n) is 1.25. The van der Waals surface area contributed by atoms with Crippen molar-refractivity contribution in [3.05, 3.63) is 48.6 Å². The number of benzene rings is 1. The molecule has 0 fully saturated rings. The summed E-state index contributed by atoms with van der Waals surface area (Å²) in [5.41, 5.74) is 1.88. The SMILES string of the molecule is C=CC([SiH3])C(C)(Br)c1ccccc1. The Labute approximate surface area is 91.6 Å². The van der Waals surface area contributed by atoms with Crippen molar-refractivity contribution in [2.24, 2.45) is 0 Å². The van der Waals surface area contributed by atoms with Gasteiger partial charge in [-0.1, -0.05) is 52.3 Å². The molecule has 0 saturated heterocycles. The minimum absolute atomic E-state index is 0.0578. The summed E-state index contributed by atoms with van der Waals surface area (Å²) in [4.78, 5) is 0. The smallest absolute Gasteiger partial charge is 0.0507 e. The summed E-state index contributed by atoms with van der Waals surface area (Å²) >= 11 is 3.78. The third kappa shape index (κ3) is 2.32. The van der Waals surface area contributed by atoms with Gasteiger partial charge in [-0.3, -0.25) is 0 Å². The molecule has 0 nitrogen and oxygen atoms in total. The van der Waals surface area contributed by atoms with Gasteiger partial charge in [0.1, 0.15) is 0 Å². The van der Waals surface area contributed by atoms with E-state index in [1.54, 1.807) is 0 Å². The van der Waals surface area contributed by atoms with Crippen LogP contribution in [0.25, 0.3) is 0 Å². The quantitative estimate of drug-likeness (QED) is 0.442. The number of allylic oxidation sites excluding steroid dienone is 1. The van der Waals surface area contributed by atoms with Gasteiger partial charge in [-0.2, -0.15) is 0 Å². The standard InChI is InChI=1S/C11H15BrSi/c1-3-10(13)11(2,12)9-7-5-4-6-8-9/h3-8,10H,1H2,2,13H3. The van der Waals surface area contributed by atoms with Gasteiger partial charge < -0.3 is 0 Å². The van der Waals surface area contributed by atoms with Crippen molar-refractivity contribution in [2.45, 2.75) is 16.8 Å². The maximum atomic E-state index is 3.86. The number of halogens is 1. The molecule has 2 atom stereocenters. The van der Waals surface area contributed by atoms with Crippen LogP contribution in [0, 0.1) is 0 Å². The van der Waals surface area contributed by atoms with E-state index in [-0.39, 0.29) is 4.32 Å². The van der Waals surface area contributed by atoms with Crippen molar-refractivity contribution >= 4 is 26.2 Å². The molecule has 0 radical (unpaired) electrons. The highest BCUT2D eigenvalue weighted by Crippen LogP contribution is 2.40. The summed E-state index contributed by atoms with van der Waals surface area (Å²) in [5.74, 6) is 0. The van der Waals surface area contributed by atoms with Crippen molar-refractivity contribution in [1.82, 2.24) is 0 Å². The molecule has 0 aliphatic carbocycles. The van der Waals surface area contributed by atoms with Crippen LogP contribution in [0.3, 0.4) is 0 Å². The van der Waals surface area contributed by atoms with E-state index >= 15 is 0 Å². The van der Waals surface area contributed by atoms with Gasteiger partial charge in [0, 0.05) is 10.2 Å². The molecule has 0 aliphatic heterocycles. The Balaban J connectivity index is 3.00. The van der Waals surface area contributed by atoms with Gasteiger partial charge in [-0.15, -0.1) is 6.58 Å². The Bertz CT molecular complexity index is 279. The molecule has 13 heavy (non-hydrogen) atoms. The fraction of sp³-hybridized carbons (Fsp3) is 0.273. The second-order valence-corrected chi connectivity index (χ2v) is 6.36. The van der Waals surface area contributed by atoms with Gasteiger partial charge in [0.2, 0.25) is 0 Å². The number of hydrogen-bond donors (Lipinski definition) is 0. The Morgan fingerprint density at radius 3 is 2.46 bits per heavy atom. The van der Waals surface area contributed by atoms with Crippen LogP contribution in [0.1, 0.15) is 12.5 Å². The molecule has 70 valence electrons. The predicted molar refractivity (Wildman–Crippen MR) is 66.6 cm³/mol. The van der Waals surface area contributed by atoms with E-state index in [2.05, 4.69) is 53.7 Å². The van der Waals surface area contributed by atoms with E-state index in [9.17, 15) is 0 Å². The number of rotatable bonds is 3. The highest BCUT2D eigenvalue weighted by Gasteiger charge is 2.27. The zero-order valence-corrected chi connectivity index (χ0v) is 11.7. The molecule has 2 unspecified atom stereocenters. The molecule has 0 saturated carbocycles. The lowest BCUT2D eigenvalue weighted by Crippen LogP contribution is -2.19. The van der Waals surface area contributed by atoms with Crippen molar-refractivity contribution in [2.75, 3.05) is 0 Å². The number of hydrogen-bond acceptors (Lipinski definition) is 0. The maximum absolute atomic E-state index is 3.86. The molecular weight excluding hydrogens is 240 g/mol. The largest absolute Gasteiger partial charge is 0.103 e. The zero-order chi connectivity index (χ0) is 9.90. The van der Waals surface area contributed by atoms with Crippen molar-refractivity contribution in [1.29, 1.82) is 0 Å². The lowest BCUT2D eigenvalue weighted by atomic mass is 9.97. The fourth-order valence-corrected chi connectivity index (χ4v) is 2.03. The minimum Gasteiger partial charge on any atom is -0.103 e. The van der Waals surface area contributed by atoms with Crippen LogP contribution < -0.4 is 0 Å². The Hall–Kier alpha value is -0.343. The van der Waals surface area contributed by atoms with E-state index in [1.807, 2.05) is 12.1 Å². The second kappa shape index (κ2) is 4.25. The molecule has 0 heterocycles. The second-order valence-electron chi connectivity index (χ2n) is 3.47. The van der Waals surface area contributed by atoms with Gasteiger partial charge in [0.05, 0.1) is 4.32 Å². The Morgan fingerprint density at radius 1 is 1.46 bits per heavy atom. The molecule has 1 aromatic carbocycles. The van der Waals surface area contributed by atoms with E-state index in [4.69, 9.17) is 0 Å². The van der Waals surface area contributed by atoms with Gasteiger partial charge in [-0.25, -0.2) is 0 Å². The topological polar surface area (TPSA) is 0 Å². The average molecular weight is 255 g/mol. The first-order valence-electron chi connectivity index (χ1n) is 4.46. The van der Waals surface area contributed by atoms with Crippen molar-refractivity contribution in [3.63, 3.8) is 0 Å². The molecule has 0 N–H and O–H groups in total. The first-order valence-corrected chi connectivity index (χ1v) is 6.40. The molecule has 0 bridgehead atoms. The summed E-state index contributed by atoms with van der Waals surface area (Å²) in [6, 6.07) is 10.5. The molecule has 0 aromatic heterocycles. The first kappa shape index (κ1) is 10.7. The van der Waals surface area contributed by atoms with Gasteiger partial charge >= 0.3 is 0 Å². The van der Waals surface area contributed by atoms with Crippen LogP contribution in [-0.4, -0.2) is 10.2 Å². The van der Waals surface area contributed by atoms with E-state index in [1.165, 1.54) is 5.56 Å². The summed E-state index contributed by atoms with van der Waals surface area (Å²) in [7, 11) is 1.12. The summed E-state index contributed by atoms with van der Waals surface area (Å²) in [6.45, 7) is 6.07. The lowest BCUT2D eigenvalue weighted by molar-refractivity contribution is 0.723. The lowest BCUT2D eigenvalue weighted by Gasteiger charge is -2.28. The van der Waals surface area contributed by atoms with Crippen LogP contribution in [-0.2, 0) is 4.32 Å². The highest BCUT2D eigenvalue weighted by atomic mass is 79.9. The van der Waals surface area contributed by atoms with Crippen LogP contribution in [0.2, 0.25) is 5.54 Å². The van der Waals surface area contributed by atoms with Gasteiger partial charge in [0.15, 0.2) is 0 Å². The monoisotopic (exact) mass is 254 g/mol. The first-order chi connectivity index (χ1) is 6.09. The van der Waals surface area contributed by atoms with Crippen LogP contribution in [0.5, 0.6) is 0 Å². The Morgan fingerprint density at radius 2 is 2.00 bits per heavy atom. The third-order valence-corrected chi connectivity index (χ3v) is 6.20. The van der Waals surface area contributed by atoms with E-state index < -0.39 is 0 Å². The number of alkyl halides is 1. The van der Waals surface area contributed by atoms with Crippen LogP contribution in [0.15, 0.2) is 43.0 Å². The zero-order valence-electron chi connectivity index (χ0n) is 8.13. The molecule has 2 heteroatoms. The average Bonchev–Trinajstić information content (AvgIpc) is 2.18. The van der Waals surface area contributed by atoms with Gasteiger partial charge in [-0.05, 0) is 18.0 Å². The summed E-state index contributed by atoms with van der Waals surface area (Å²) in [6.07, 6.45) is 2.04. The normalized spacial score (nSPS) is 17.7. The van der Waals surface area contributed by atoms with Crippen LogP contribution >= 0.6 is 15.9 Å².